The number of hydrogen-bond acceptors (Lipinski definition) is 3. The summed E-state index contributed by atoms with van der Waals surface area (Å²) in [6.07, 6.45) is 0.448. The number of ether oxygens (including phenoxy) is 1. The van der Waals surface area contributed by atoms with Gasteiger partial charge in [-0.25, -0.2) is 0 Å². The van der Waals surface area contributed by atoms with Crippen LogP contribution in [0.15, 0.2) is 24.3 Å². The molecule has 0 radical (unpaired) electrons. The molecule has 1 rings (SSSR count). The SMILES string of the molecule is CCCNC(=O)C(C)Oc1cccc(CNC(C)C)c1. The molecule has 1 atom stereocenters. The van der Waals surface area contributed by atoms with Crippen LogP contribution < -0.4 is 15.4 Å². The van der Waals surface area contributed by atoms with E-state index in [0.717, 1.165) is 24.3 Å². The highest BCUT2D eigenvalue weighted by Crippen LogP contribution is 2.15. The first kappa shape index (κ1) is 16.5. The van der Waals surface area contributed by atoms with Gasteiger partial charge in [-0.05, 0) is 31.0 Å². The molecule has 0 saturated heterocycles. The smallest absolute Gasteiger partial charge is 0.260 e. The molecular weight excluding hydrogens is 252 g/mol. The zero-order valence-corrected chi connectivity index (χ0v) is 12.9. The number of amides is 1. The van der Waals surface area contributed by atoms with Crippen molar-refractivity contribution in [1.29, 1.82) is 0 Å². The Kier molecular flexibility index (Phi) is 7.09. The molecule has 1 aromatic rings. The Morgan fingerprint density at radius 2 is 2.05 bits per heavy atom. The summed E-state index contributed by atoms with van der Waals surface area (Å²) in [5.41, 5.74) is 1.15. The van der Waals surface area contributed by atoms with Crippen LogP contribution in [0.2, 0.25) is 0 Å². The minimum absolute atomic E-state index is 0.0717. The van der Waals surface area contributed by atoms with Crippen LogP contribution in [-0.4, -0.2) is 24.6 Å². The lowest BCUT2D eigenvalue weighted by molar-refractivity contribution is -0.127. The van der Waals surface area contributed by atoms with E-state index in [9.17, 15) is 4.79 Å². The molecule has 0 aliphatic carbocycles. The summed E-state index contributed by atoms with van der Waals surface area (Å²) in [7, 11) is 0. The molecule has 0 fully saturated rings. The van der Waals surface area contributed by atoms with Crippen LogP contribution in [0, 0.1) is 0 Å². The Balaban J connectivity index is 2.54. The number of hydrogen-bond donors (Lipinski definition) is 2. The van der Waals surface area contributed by atoms with Crippen LogP contribution in [0.1, 0.15) is 39.7 Å². The standard InChI is InChI=1S/C16H26N2O2/c1-5-9-17-16(19)13(4)20-15-8-6-7-14(10-15)11-18-12(2)3/h6-8,10,12-13,18H,5,9,11H2,1-4H3,(H,17,19). The fraction of sp³-hybridized carbons (Fsp3) is 0.562. The van der Waals surface area contributed by atoms with Crippen LogP contribution in [0.3, 0.4) is 0 Å². The summed E-state index contributed by atoms with van der Waals surface area (Å²) in [5.74, 6) is 0.657. The van der Waals surface area contributed by atoms with Crippen molar-refractivity contribution in [2.75, 3.05) is 6.54 Å². The maximum Gasteiger partial charge on any atom is 0.260 e. The summed E-state index contributed by atoms with van der Waals surface area (Å²) in [5, 5.41) is 6.19. The zero-order valence-electron chi connectivity index (χ0n) is 12.9. The summed E-state index contributed by atoms with van der Waals surface area (Å²) in [4.78, 5) is 11.8. The number of nitrogens with one attached hydrogen (secondary N) is 2. The Morgan fingerprint density at radius 1 is 1.30 bits per heavy atom. The lowest BCUT2D eigenvalue weighted by Gasteiger charge is -2.15. The highest BCUT2D eigenvalue weighted by atomic mass is 16.5. The molecule has 0 saturated carbocycles. The van der Waals surface area contributed by atoms with E-state index in [1.54, 1.807) is 6.92 Å². The lowest BCUT2D eigenvalue weighted by atomic mass is 10.2. The van der Waals surface area contributed by atoms with Gasteiger partial charge in [0.25, 0.3) is 5.91 Å². The number of rotatable bonds is 8. The van der Waals surface area contributed by atoms with Crippen LogP contribution in [0.5, 0.6) is 5.75 Å². The van der Waals surface area contributed by atoms with E-state index in [1.165, 1.54) is 0 Å². The molecule has 0 aromatic heterocycles. The minimum Gasteiger partial charge on any atom is -0.481 e. The van der Waals surface area contributed by atoms with E-state index in [1.807, 2.05) is 31.2 Å². The van der Waals surface area contributed by atoms with Crippen molar-refractivity contribution in [3.8, 4) is 5.75 Å². The largest absolute Gasteiger partial charge is 0.481 e. The first-order chi connectivity index (χ1) is 9.52. The second-order valence-corrected chi connectivity index (χ2v) is 5.23. The molecule has 0 aliphatic rings. The molecular formula is C16H26N2O2. The summed E-state index contributed by atoms with van der Waals surface area (Å²) < 4.78 is 5.68. The van der Waals surface area contributed by atoms with Crippen molar-refractivity contribution >= 4 is 5.91 Å². The van der Waals surface area contributed by atoms with Gasteiger partial charge in [0.15, 0.2) is 6.10 Å². The molecule has 0 heterocycles. The third kappa shape index (κ3) is 6.06. The maximum absolute atomic E-state index is 11.8. The Bertz CT molecular complexity index is 419. The van der Waals surface area contributed by atoms with Crippen molar-refractivity contribution in [2.24, 2.45) is 0 Å². The monoisotopic (exact) mass is 278 g/mol. The first-order valence-corrected chi connectivity index (χ1v) is 7.29. The van der Waals surface area contributed by atoms with Gasteiger partial charge in [-0.15, -0.1) is 0 Å². The molecule has 4 heteroatoms. The molecule has 1 aromatic carbocycles. The van der Waals surface area contributed by atoms with E-state index in [4.69, 9.17) is 4.74 Å². The molecule has 1 unspecified atom stereocenters. The third-order valence-electron chi connectivity index (χ3n) is 2.84. The predicted octanol–water partition coefficient (Wildman–Crippen LogP) is 2.48. The summed E-state index contributed by atoms with van der Waals surface area (Å²) in [6.45, 7) is 9.50. The quantitative estimate of drug-likeness (QED) is 0.768. The van der Waals surface area contributed by atoms with Crippen LogP contribution in [0.4, 0.5) is 0 Å². The zero-order chi connectivity index (χ0) is 15.0. The topological polar surface area (TPSA) is 50.4 Å². The minimum atomic E-state index is -0.477. The fourth-order valence-electron chi connectivity index (χ4n) is 1.70. The van der Waals surface area contributed by atoms with Crippen LogP contribution in [0.25, 0.3) is 0 Å². The molecule has 0 spiro atoms. The average Bonchev–Trinajstić information content (AvgIpc) is 2.42. The lowest BCUT2D eigenvalue weighted by Crippen LogP contribution is -2.36. The predicted molar refractivity (Wildman–Crippen MR) is 81.8 cm³/mol. The summed E-state index contributed by atoms with van der Waals surface area (Å²) in [6, 6.07) is 8.29. The maximum atomic E-state index is 11.8. The number of benzene rings is 1. The van der Waals surface area contributed by atoms with E-state index in [-0.39, 0.29) is 5.91 Å². The third-order valence-corrected chi connectivity index (χ3v) is 2.84. The molecule has 20 heavy (non-hydrogen) atoms. The number of carbonyl (C=O) groups excluding carboxylic acids is 1. The Morgan fingerprint density at radius 3 is 2.70 bits per heavy atom. The normalized spacial score (nSPS) is 12.2. The summed E-state index contributed by atoms with van der Waals surface area (Å²) >= 11 is 0. The van der Waals surface area contributed by atoms with Crippen LogP contribution in [-0.2, 0) is 11.3 Å². The average molecular weight is 278 g/mol. The second-order valence-electron chi connectivity index (χ2n) is 5.23. The molecule has 0 bridgehead atoms. The molecule has 1 amide bonds. The van der Waals surface area contributed by atoms with E-state index >= 15 is 0 Å². The van der Waals surface area contributed by atoms with Crippen molar-refractivity contribution in [2.45, 2.75) is 52.8 Å². The Hall–Kier alpha value is -1.55. The van der Waals surface area contributed by atoms with Crippen molar-refractivity contribution in [3.05, 3.63) is 29.8 Å². The van der Waals surface area contributed by atoms with Gasteiger partial charge in [0, 0.05) is 19.1 Å². The van der Waals surface area contributed by atoms with Crippen molar-refractivity contribution < 1.29 is 9.53 Å². The fourth-order valence-corrected chi connectivity index (χ4v) is 1.70. The van der Waals surface area contributed by atoms with Gasteiger partial charge in [-0.1, -0.05) is 32.9 Å². The molecule has 112 valence electrons. The van der Waals surface area contributed by atoms with Gasteiger partial charge in [0.2, 0.25) is 0 Å². The van der Waals surface area contributed by atoms with Gasteiger partial charge < -0.3 is 15.4 Å². The van der Waals surface area contributed by atoms with Crippen molar-refractivity contribution in [3.63, 3.8) is 0 Å². The molecule has 2 N–H and O–H groups in total. The Labute approximate surface area is 121 Å². The van der Waals surface area contributed by atoms with E-state index in [0.29, 0.717) is 12.6 Å². The van der Waals surface area contributed by atoms with E-state index < -0.39 is 6.10 Å². The van der Waals surface area contributed by atoms with Gasteiger partial charge in [-0.2, -0.15) is 0 Å². The van der Waals surface area contributed by atoms with Crippen molar-refractivity contribution in [1.82, 2.24) is 10.6 Å². The van der Waals surface area contributed by atoms with Gasteiger partial charge in [-0.3, -0.25) is 4.79 Å². The van der Waals surface area contributed by atoms with Gasteiger partial charge in [0.05, 0.1) is 0 Å². The second kappa shape index (κ2) is 8.59. The molecule has 4 nitrogen and oxygen atoms in total. The molecule has 0 aliphatic heterocycles. The first-order valence-electron chi connectivity index (χ1n) is 7.29. The number of carbonyl (C=O) groups is 1. The van der Waals surface area contributed by atoms with Crippen LogP contribution >= 0.6 is 0 Å². The van der Waals surface area contributed by atoms with E-state index in [2.05, 4.69) is 24.5 Å². The highest BCUT2D eigenvalue weighted by molar-refractivity contribution is 5.80. The van der Waals surface area contributed by atoms with Gasteiger partial charge >= 0.3 is 0 Å². The highest BCUT2D eigenvalue weighted by Gasteiger charge is 2.13. The van der Waals surface area contributed by atoms with Gasteiger partial charge in [0.1, 0.15) is 5.75 Å².